The number of carboxylic acids is 1. The van der Waals surface area contributed by atoms with Crippen LogP contribution in [0.1, 0.15) is 52.4 Å². The number of aliphatic hydroxyl groups is 1. The molecule has 0 fully saturated rings. The standard InChI is InChI=1S/C17H20O6/c1-9(4-6-14(19)20)3-5-11-12(7-18)10(2)13-8-23-17(22)15(13)16(11)21/h3,18,21H,4-8H2,1-2H3,(H,19,20). The number of phenolic OH excluding ortho intramolecular Hbond substituents is 1. The smallest absolute Gasteiger partial charge is 0.342 e. The summed E-state index contributed by atoms with van der Waals surface area (Å²) in [5.74, 6) is -1.58. The van der Waals surface area contributed by atoms with Gasteiger partial charge in [-0.05, 0) is 37.8 Å². The average molecular weight is 320 g/mol. The summed E-state index contributed by atoms with van der Waals surface area (Å²) in [4.78, 5) is 22.4. The Labute approximate surface area is 134 Å². The number of ether oxygens (including phenoxy) is 1. The SMILES string of the molecule is CC(=CCc1c(O)c2c(c(C)c1CO)COC2=O)CCC(=O)O. The normalized spacial score (nSPS) is 13.9. The maximum atomic E-state index is 11.8. The third-order valence-corrected chi connectivity index (χ3v) is 4.19. The lowest BCUT2D eigenvalue weighted by molar-refractivity contribution is -0.136. The van der Waals surface area contributed by atoms with Gasteiger partial charge in [0.05, 0.1) is 6.61 Å². The quantitative estimate of drug-likeness (QED) is 0.548. The lowest BCUT2D eigenvalue weighted by atomic mass is 9.90. The molecule has 23 heavy (non-hydrogen) atoms. The van der Waals surface area contributed by atoms with Crippen molar-refractivity contribution in [1.29, 1.82) is 0 Å². The van der Waals surface area contributed by atoms with Crippen LogP contribution in [-0.4, -0.2) is 27.3 Å². The predicted octanol–water partition coefficient (Wildman–Crippen LogP) is 2.22. The third kappa shape index (κ3) is 3.37. The fourth-order valence-corrected chi connectivity index (χ4v) is 2.76. The number of esters is 1. The molecule has 1 aliphatic heterocycles. The number of aromatic hydroxyl groups is 1. The molecule has 0 atom stereocenters. The number of hydrogen-bond donors (Lipinski definition) is 3. The summed E-state index contributed by atoms with van der Waals surface area (Å²) in [6.07, 6.45) is 2.57. The van der Waals surface area contributed by atoms with Crippen LogP contribution in [0.25, 0.3) is 0 Å². The van der Waals surface area contributed by atoms with Crippen molar-refractivity contribution in [3.8, 4) is 5.75 Å². The molecule has 6 heteroatoms. The van der Waals surface area contributed by atoms with E-state index < -0.39 is 11.9 Å². The monoisotopic (exact) mass is 320 g/mol. The average Bonchev–Trinajstić information content (AvgIpc) is 2.89. The van der Waals surface area contributed by atoms with Crippen LogP contribution < -0.4 is 0 Å². The van der Waals surface area contributed by atoms with Crippen LogP contribution in [0.2, 0.25) is 0 Å². The van der Waals surface area contributed by atoms with Crippen molar-refractivity contribution < 1.29 is 29.6 Å². The zero-order valence-electron chi connectivity index (χ0n) is 13.2. The maximum Gasteiger partial charge on any atom is 0.342 e. The van der Waals surface area contributed by atoms with Crippen LogP contribution in [0.3, 0.4) is 0 Å². The number of aliphatic carboxylic acids is 1. The summed E-state index contributed by atoms with van der Waals surface area (Å²) in [5, 5.41) is 28.7. The van der Waals surface area contributed by atoms with Crippen LogP contribution in [-0.2, 0) is 29.2 Å². The minimum Gasteiger partial charge on any atom is -0.507 e. The second-order valence-electron chi connectivity index (χ2n) is 5.67. The number of carboxylic acid groups (broad SMARTS) is 1. The number of phenols is 1. The van der Waals surface area contributed by atoms with Crippen molar-refractivity contribution in [3.05, 3.63) is 39.5 Å². The molecule has 0 amide bonds. The Morgan fingerprint density at radius 2 is 2.00 bits per heavy atom. The van der Waals surface area contributed by atoms with Gasteiger partial charge in [-0.15, -0.1) is 0 Å². The Bertz CT molecular complexity index is 687. The van der Waals surface area contributed by atoms with Gasteiger partial charge in [-0.1, -0.05) is 11.6 Å². The van der Waals surface area contributed by atoms with Gasteiger partial charge in [-0.3, -0.25) is 4.79 Å². The largest absolute Gasteiger partial charge is 0.507 e. The zero-order chi connectivity index (χ0) is 17.1. The van der Waals surface area contributed by atoms with Crippen molar-refractivity contribution in [2.45, 2.75) is 46.3 Å². The van der Waals surface area contributed by atoms with Gasteiger partial charge >= 0.3 is 11.9 Å². The van der Waals surface area contributed by atoms with E-state index in [2.05, 4.69) is 0 Å². The summed E-state index contributed by atoms with van der Waals surface area (Å²) in [6, 6.07) is 0. The molecule has 1 heterocycles. The summed E-state index contributed by atoms with van der Waals surface area (Å²) >= 11 is 0. The van der Waals surface area contributed by atoms with Crippen molar-refractivity contribution in [2.75, 3.05) is 0 Å². The minimum atomic E-state index is -0.868. The molecule has 124 valence electrons. The molecule has 0 spiro atoms. The highest BCUT2D eigenvalue weighted by Crippen LogP contribution is 2.38. The molecule has 2 rings (SSSR count). The molecule has 0 aromatic heterocycles. The number of carbonyl (C=O) groups is 2. The molecule has 1 aromatic carbocycles. The van der Waals surface area contributed by atoms with Gasteiger partial charge in [0.25, 0.3) is 0 Å². The topological polar surface area (TPSA) is 104 Å². The maximum absolute atomic E-state index is 11.8. The molecule has 0 saturated heterocycles. The first-order valence-electron chi connectivity index (χ1n) is 7.38. The number of cyclic esters (lactones) is 1. The lowest BCUT2D eigenvalue weighted by Gasteiger charge is -2.15. The summed E-state index contributed by atoms with van der Waals surface area (Å²) < 4.78 is 4.97. The zero-order valence-corrected chi connectivity index (χ0v) is 13.2. The molecular formula is C17H20O6. The van der Waals surface area contributed by atoms with Gasteiger partial charge in [-0.2, -0.15) is 0 Å². The van der Waals surface area contributed by atoms with E-state index >= 15 is 0 Å². The van der Waals surface area contributed by atoms with Gasteiger partial charge in [-0.25, -0.2) is 4.79 Å². The van der Waals surface area contributed by atoms with E-state index in [0.717, 1.165) is 11.1 Å². The summed E-state index contributed by atoms with van der Waals surface area (Å²) in [7, 11) is 0. The summed E-state index contributed by atoms with van der Waals surface area (Å²) in [6.45, 7) is 3.45. The predicted molar refractivity (Wildman–Crippen MR) is 82.2 cm³/mol. The number of benzene rings is 1. The second-order valence-corrected chi connectivity index (χ2v) is 5.67. The molecule has 1 aliphatic rings. The van der Waals surface area contributed by atoms with E-state index in [-0.39, 0.29) is 30.9 Å². The molecular weight excluding hydrogens is 300 g/mol. The highest BCUT2D eigenvalue weighted by atomic mass is 16.5. The highest BCUT2D eigenvalue weighted by molar-refractivity contribution is 5.97. The molecule has 1 aromatic rings. The van der Waals surface area contributed by atoms with Gasteiger partial charge < -0.3 is 20.1 Å². The number of aliphatic hydroxyl groups excluding tert-OH is 1. The first kappa shape index (κ1) is 17.0. The number of hydrogen-bond acceptors (Lipinski definition) is 5. The first-order chi connectivity index (χ1) is 10.9. The third-order valence-electron chi connectivity index (χ3n) is 4.19. The molecule has 0 aliphatic carbocycles. The minimum absolute atomic E-state index is 0.0384. The number of allylic oxidation sites excluding steroid dienone is 2. The van der Waals surface area contributed by atoms with E-state index in [9.17, 15) is 19.8 Å². The Kier molecular flexibility index (Phi) is 5.05. The molecule has 3 N–H and O–H groups in total. The lowest BCUT2D eigenvalue weighted by Crippen LogP contribution is -2.05. The Hall–Kier alpha value is -2.34. The molecule has 0 bridgehead atoms. The number of fused-ring (bicyclic) bond motifs is 1. The van der Waals surface area contributed by atoms with Crippen LogP contribution in [0.15, 0.2) is 11.6 Å². The van der Waals surface area contributed by atoms with Crippen LogP contribution in [0.5, 0.6) is 5.75 Å². The number of carbonyl (C=O) groups excluding carboxylic acids is 1. The Morgan fingerprint density at radius 3 is 2.61 bits per heavy atom. The molecule has 6 nitrogen and oxygen atoms in total. The van der Waals surface area contributed by atoms with Crippen molar-refractivity contribution >= 4 is 11.9 Å². The van der Waals surface area contributed by atoms with Gasteiger partial charge in [0.1, 0.15) is 17.9 Å². The highest BCUT2D eigenvalue weighted by Gasteiger charge is 2.30. The van der Waals surface area contributed by atoms with Crippen molar-refractivity contribution in [3.63, 3.8) is 0 Å². The van der Waals surface area contributed by atoms with E-state index in [1.807, 2.05) is 13.0 Å². The Balaban J connectivity index is 2.37. The van der Waals surface area contributed by atoms with Crippen molar-refractivity contribution in [2.24, 2.45) is 0 Å². The molecule has 0 saturated carbocycles. The van der Waals surface area contributed by atoms with E-state index in [1.165, 1.54) is 0 Å². The molecule has 0 unspecified atom stereocenters. The van der Waals surface area contributed by atoms with Gasteiger partial charge in [0.15, 0.2) is 0 Å². The van der Waals surface area contributed by atoms with Gasteiger partial charge in [0, 0.05) is 17.5 Å². The molecule has 0 radical (unpaired) electrons. The van der Waals surface area contributed by atoms with Crippen LogP contribution in [0.4, 0.5) is 0 Å². The number of rotatable bonds is 6. The second kappa shape index (κ2) is 6.83. The Morgan fingerprint density at radius 1 is 1.30 bits per heavy atom. The van der Waals surface area contributed by atoms with E-state index in [4.69, 9.17) is 9.84 Å². The van der Waals surface area contributed by atoms with Crippen LogP contribution in [0, 0.1) is 6.92 Å². The van der Waals surface area contributed by atoms with Gasteiger partial charge in [0.2, 0.25) is 0 Å². The summed E-state index contributed by atoms with van der Waals surface area (Å²) in [5.41, 5.74) is 3.48. The van der Waals surface area contributed by atoms with Crippen LogP contribution >= 0.6 is 0 Å². The van der Waals surface area contributed by atoms with Crippen molar-refractivity contribution in [1.82, 2.24) is 0 Å². The fourth-order valence-electron chi connectivity index (χ4n) is 2.76. The fraction of sp³-hybridized carbons (Fsp3) is 0.412. The van der Waals surface area contributed by atoms with E-state index in [0.29, 0.717) is 29.5 Å². The van der Waals surface area contributed by atoms with E-state index in [1.54, 1.807) is 6.92 Å². The first-order valence-corrected chi connectivity index (χ1v) is 7.38.